The van der Waals surface area contributed by atoms with Crippen molar-refractivity contribution in [2.75, 3.05) is 13.1 Å². The molecule has 25 heavy (non-hydrogen) atoms. The summed E-state index contributed by atoms with van der Waals surface area (Å²) in [7, 11) is 0. The van der Waals surface area contributed by atoms with Gasteiger partial charge in [-0.15, -0.1) is 0 Å². The molecule has 2 amide bonds. The van der Waals surface area contributed by atoms with Gasteiger partial charge < -0.3 is 20.3 Å². The number of nitrogens with zero attached hydrogens (tertiary/aromatic N) is 2. The summed E-state index contributed by atoms with van der Waals surface area (Å²) in [6.45, 7) is 1.42. The third-order valence-electron chi connectivity index (χ3n) is 4.50. The number of hydrogen-bond acceptors (Lipinski definition) is 5. The van der Waals surface area contributed by atoms with Crippen LogP contribution in [0.2, 0.25) is 0 Å². The molecule has 7 heteroatoms. The fraction of sp³-hybridized carbons (Fsp3) is 0.389. The van der Waals surface area contributed by atoms with Gasteiger partial charge in [-0.05, 0) is 42.5 Å². The first-order valence-corrected chi connectivity index (χ1v) is 8.30. The largest absolute Gasteiger partial charge is 0.856 e. The Kier molecular flexibility index (Phi) is 5.02. The van der Waals surface area contributed by atoms with Crippen LogP contribution in [0, 0.1) is 5.92 Å². The quantitative estimate of drug-likeness (QED) is 0.837. The van der Waals surface area contributed by atoms with E-state index in [1.165, 1.54) is 6.07 Å². The maximum absolute atomic E-state index is 12.3. The summed E-state index contributed by atoms with van der Waals surface area (Å²) in [6, 6.07) is 8.63. The standard InChI is InChI=1S/C18H21N3O4/c19-18(24)14-3-1-2-12(9-14)8-13-6-7-21(11-13)17(23)5-4-15-10-16(22)20-25-15/h1-3,9-10,13H,4-8,11H2,(H2,19,24)(H,20,22)/p-1. The third kappa shape index (κ3) is 4.37. The van der Waals surface area contributed by atoms with Crippen LogP contribution in [0.1, 0.15) is 34.5 Å². The molecule has 3 rings (SSSR count). The molecule has 1 aliphatic rings. The average molecular weight is 342 g/mol. The van der Waals surface area contributed by atoms with E-state index in [4.69, 9.17) is 10.3 Å². The van der Waals surface area contributed by atoms with Gasteiger partial charge >= 0.3 is 0 Å². The molecule has 1 aromatic carbocycles. The van der Waals surface area contributed by atoms with Gasteiger partial charge in [-0.1, -0.05) is 17.3 Å². The molecule has 0 aliphatic carbocycles. The van der Waals surface area contributed by atoms with Gasteiger partial charge in [0.25, 0.3) is 0 Å². The monoisotopic (exact) mass is 342 g/mol. The lowest BCUT2D eigenvalue weighted by Crippen LogP contribution is -2.29. The van der Waals surface area contributed by atoms with E-state index >= 15 is 0 Å². The lowest BCUT2D eigenvalue weighted by atomic mass is 9.97. The summed E-state index contributed by atoms with van der Waals surface area (Å²) < 4.78 is 4.84. The van der Waals surface area contributed by atoms with Crippen molar-refractivity contribution >= 4 is 11.8 Å². The molecule has 1 aromatic heterocycles. The van der Waals surface area contributed by atoms with Crippen LogP contribution in [0.5, 0.6) is 5.88 Å². The Morgan fingerprint density at radius 3 is 2.92 bits per heavy atom. The molecule has 2 heterocycles. The van der Waals surface area contributed by atoms with Crippen LogP contribution in [0.3, 0.4) is 0 Å². The molecule has 1 fully saturated rings. The minimum atomic E-state index is -0.432. The SMILES string of the molecule is NC(=O)c1cccc(CC2CCN(C(=O)CCc3cc([O-])no3)C2)c1. The van der Waals surface area contributed by atoms with Crippen LogP contribution < -0.4 is 10.8 Å². The number of benzene rings is 1. The zero-order valence-electron chi connectivity index (χ0n) is 13.8. The average Bonchev–Trinajstić information content (AvgIpc) is 3.22. The van der Waals surface area contributed by atoms with Gasteiger partial charge in [0.1, 0.15) is 5.76 Å². The highest BCUT2D eigenvalue weighted by molar-refractivity contribution is 5.92. The zero-order valence-corrected chi connectivity index (χ0v) is 13.8. The Labute approximate surface area is 145 Å². The summed E-state index contributed by atoms with van der Waals surface area (Å²) in [4.78, 5) is 25.4. The number of carbonyl (C=O) groups excluding carboxylic acids is 2. The minimum Gasteiger partial charge on any atom is -0.856 e. The molecule has 1 aliphatic heterocycles. The molecule has 0 saturated carbocycles. The fourth-order valence-electron chi connectivity index (χ4n) is 3.21. The first-order valence-electron chi connectivity index (χ1n) is 8.30. The van der Waals surface area contributed by atoms with Gasteiger partial charge in [0.15, 0.2) is 0 Å². The first kappa shape index (κ1) is 17.0. The van der Waals surface area contributed by atoms with Gasteiger partial charge in [-0.3, -0.25) is 9.59 Å². The molecule has 132 valence electrons. The highest BCUT2D eigenvalue weighted by atomic mass is 16.5. The van der Waals surface area contributed by atoms with Crippen LogP contribution in [0.4, 0.5) is 0 Å². The van der Waals surface area contributed by atoms with Gasteiger partial charge in [-0.2, -0.15) is 0 Å². The molecule has 1 saturated heterocycles. The predicted molar refractivity (Wildman–Crippen MR) is 87.6 cm³/mol. The second-order valence-corrected chi connectivity index (χ2v) is 6.39. The Hall–Kier alpha value is -2.83. The van der Waals surface area contributed by atoms with E-state index in [0.29, 0.717) is 36.6 Å². The highest BCUT2D eigenvalue weighted by Gasteiger charge is 2.26. The van der Waals surface area contributed by atoms with Crippen LogP contribution in [-0.4, -0.2) is 35.0 Å². The van der Waals surface area contributed by atoms with E-state index in [9.17, 15) is 14.7 Å². The maximum Gasteiger partial charge on any atom is 0.248 e. The molecular formula is C18H20N3O4-. The minimum absolute atomic E-state index is 0.0530. The third-order valence-corrected chi connectivity index (χ3v) is 4.50. The number of likely N-dealkylation sites (tertiary alicyclic amines) is 1. The predicted octanol–water partition coefficient (Wildman–Crippen LogP) is 0.871. The summed E-state index contributed by atoms with van der Waals surface area (Å²) in [5.41, 5.74) is 6.88. The number of primary amides is 1. The van der Waals surface area contributed by atoms with Crippen molar-refractivity contribution in [2.24, 2.45) is 11.7 Å². The van der Waals surface area contributed by atoms with E-state index in [-0.39, 0.29) is 5.91 Å². The number of amides is 2. The fourth-order valence-corrected chi connectivity index (χ4v) is 3.21. The molecular weight excluding hydrogens is 322 g/mol. The number of hydrogen-bond donors (Lipinski definition) is 1. The molecule has 0 bridgehead atoms. The zero-order chi connectivity index (χ0) is 17.8. The number of aryl methyl sites for hydroxylation is 1. The molecule has 0 radical (unpaired) electrons. The number of carbonyl (C=O) groups is 2. The van der Waals surface area contributed by atoms with Crippen LogP contribution in [0.25, 0.3) is 0 Å². The first-order chi connectivity index (χ1) is 12.0. The smallest absolute Gasteiger partial charge is 0.248 e. The summed E-state index contributed by atoms with van der Waals surface area (Å²) in [5, 5.41) is 14.2. The lowest BCUT2D eigenvalue weighted by molar-refractivity contribution is -0.277. The maximum atomic E-state index is 12.3. The van der Waals surface area contributed by atoms with Crippen molar-refractivity contribution < 1.29 is 19.2 Å². The second kappa shape index (κ2) is 7.38. The Bertz CT molecular complexity index is 771. The van der Waals surface area contributed by atoms with Gasteiger partial charge in [0, 0.05) is 37.4 Å². The molecule has 1 atom stereocenters. The number of rotatable bonds is 6. The van der Waals surface area contributed by atoms with E-state index in [1.54, 1.807) is 6.07 Å². The molecule has 0 spiro atoms. The Morgan fingerprint density at radius 2 is 2.20 bits per heavy atom. The molecule has 2 aromatic rings. The second-order valence-electron chi connectivity index (χ2n) is 6.39. The van der Waals surface area contributed by atoms with Crippen LogP contribution >= 0.6 is 0 Å². The van der Waals surface area contributed by atoms with Gasteiger partial charge in [0.05, 0.1) is 0 Å². The van der Waals surface area contributed by atoms with E-state index in [1.807, 2.05) is 23.1 Å². The van der Waals surface area contributed by atoms with Crippen molar-refractivity contribution in [3.8, 4) is 5.88 Å². The number of aromatic nitrogens is 1. The molecule has 1 unspecified atom stereocenters. The molecule has 2 N–H and O–H groups in total. The van der Waals surface area contributed by atoms with Crippen LogP contribution in [-0.2, 0) is 17.6 Å². The van der Waals surface area contributed by atoms with Crippen molar-refractivity contribution in [2.45, 2.75) is 25.7 Å². The van der Waals surface area contributed by atoms with E-state index in [0.717, 1.165) is 24.9 Å². The van der Waals surface area contributed by atoms with Crippen molar-refractivity contribution in [3.63, 3.8) is 0 Å². The van der Waals surface area contributed by atoms with Gasteiger partial charge in [0.2, 0.25) is 11.8 Å². The summed E-state index contributed by atoms with van der Waals surface area (Å²) >= 11 is 0. The molecule has 7 nitrogen and oxygen atoms in total. The van der Waals surface area contributed by atoms with Gasteiger partial charge in [-0.25, -0.2) is 0 Å². The van der Waals surface area contributed by atoms with E-state index < -0.39 is 11.8 Å². The van der Waals surface area contributed by atoms with Crippen LogP contribution in [0.15, 0.2) is 34.9 Å². The normalized spacial score (nSPS) is 17.0. The van der Waals surface area contributed by atoms with Crippen molar-refractivity contribution in [1.82, 2.24) is 10.1 Å². The summed E-state index contributed by atoms with van der Waals surface area (Å²) in [6.07, 6.45) is 2.43. The van der Waals surface area contributed by atoms with Crippen molar-refractivity contribution in [1.29, 1.82) is 0 Å². The Morgan fingerprint density at radius 1 is 1.36 bits per heavy atom. The number of nitrogens with two attached hydrogens (primary N) is 1. The summed E-state index contributed by atoms with van der Waals surface area (Å²) in [5.74, 6) is 0.0146. The topological polar surface area (TPSA) is 112 Å². The highest BCUT2D eigenvalue weighted by Crippen LogP contribution is 2.22. The lowest BCUT2D eigenvalue weighted by Gasteiger charge is -2.16. The van der Waals surface area contributed by atoms with Crippen molar-refractivity contribution in [3.05, 3.63) is 47.2 Å². The Balaban J connectivity index is 1.50. The van der Waals surface area contributed by atoms with E-state index in [2.05, 4.69) is 5.16 Å².